The van der Waals surface area contributed by atoms with Gasteiger partial charge in [0.1, 0.15) is 11.4 Å². The van der Waals surface area contributed by atoms with Crippen LogP contribution >= 0.6 is 11.3 Å². The number of thiazole rings is 1. The molecule has 29 heavy (non-hydrogen) atoms. The van der Waals surface area contributed by atoms with Gasteiger partial charge >= 0.3 is 12.6 Å². The van der Waals surface area contributed by atoms with Crippen molar-refractivity contribution in [3.63, 3.8) is 0 Å². The fourth-order valence-electron chi connectivity index (χ4n) is 2.41. The first-order chi connectivity index (χ1) is 13.9. The zero-order valence-corrected chi connectivity index (χ0v) is 16.2. The number of carbonyl (C=O) groups is 2. The van der Waals surface area contributed by atoms with Crippen molar-refractivity contribution in [2.45, 2.75) is 13.5 Å². The number of aryl methyl sites for hydroxylation is 1. The highest BCUT2D eigenvalue weighted by molar-refractivity contribution is 7.14. The summed E-state index contributed by atoms with van der Waals surface area (Å²) in [5, 5.41) is 8.66. The van der Waals surface area contributed by atoms with E-state index >= 15 is 0 Å². The van der Waals surface area contributed by atoms with Crippen molar-refractivity contribution in [3.05, 3.63) is 47.1 Å². The maximum atomic E-state index is 12.4. The molecule has 1 N–H and O–H groups in total. The van der Waals surface area contributed by atoms with Crippen LogP contribution in [0.1, 0.15) is 27.9 Å². The van der Waals surface area contributed by atoms with E-state index in [4.69, 9.17) is 4.74 Å². The molecule has 11 heteroatoms. The van der Waals surface area contributed by atoms with Crippen LogP contribution in [-0.2, 0) is 11.8 Å². The van der Waals surface area contributed by atoms with Gasteiger partial charge in [0.2, 0.25) is 0 Å². The number of ether oxygens (including phenoxy) is 2. The maximum Gasteiger partial charge on any atom is 0.387 e. The second kappa shape index (κ2) is 8.78. The monoisotopic (exact) mass is 422 g/mol. The molecular formula is C18H16F2N4O4S. The molecule has 3 aromatic rings. The van der Waals surface area contributed by atoms with Crippen molar-refractivity contribution < 1.29 is 27.8 Å². The van der Waals surface area contributed by atoms with Crippen LogP contribution in [0.3, 0.4) is 0 Å². The molecule has 0 aliphatic heterocycles. The van der Waals surface area contributed by atoms with E-state index in [0.29, 0.717) is 16.4 Å². The predicted molar refractivity (Wildman–Crippen MR) is 101 cm³/mol. The summed E-state index contributed by atoms with van der Waals surface area (Å²) < 4.78 is 34.9. The Morgan fingerprint density at radius 2 is 2.00 bits per heavy atom. The van der Waals surface area contributed by atoms with Gasteiger partial charge in [0.15, 0.2) is 10.8 Å². The molecule has 0 aliphatic rings. The minimum Gasteiger partial charge on any atom is -0.461 e. The van der Waals surface area contributed by atoms with Crippen molar-refractivity contribution in [1.82, 2.24) is 14.8 Å². The van der Waals surface area contributed by atoms with Crippen LogP contribution in [0.15, 0.2) is 35.7 Å². The number of hydrogen-bond acceptors (Lipinski definition) is 7. The fourth-order valence-corrected chi connectivity index (χ4v) is 3.12. The molecule has 0 saturated heterocycles. The van der Waals surface area contributed by atoms with Crippen molar-refractivity contribution in [2.24, 2.45) is 7.05 Å². The Balaban J connectivity index is 1.69. The molecule has 2 heterocycles. The molecular weight excluding hydrogens is 406 g/mol. The van der Waals surface area contributed by atoms with E-state index in [-0.39, 0.29) is 23.7 Å². The lowest BCUT2D eigenvalue weighted by Crippen LogP contribution is -2.12. The van der Waals surface area contributed by atoms with Gasteiger partial charge < -0.3 is 9.47 Å². The van der Waals surface area contributed by atoms with Crippen LogP contribution in [-0.4, -0.2) is 39.9 Å². The van der Waals surface area contributed by atoms with Crippen molar-refractivity contribution in [2.75, 3.05) is 11.9 Å². The molecule has 1 amide bonds. The summed E-state index contributed by atoms with van der Waals surface area (Å²) in [6.45, 7) is -0.998. The second-order valence-corrected chi connectivity index (χ2v) is 6.51. The van der Waals surface area contributed by atoms with Crippen LogP contribution in [0.4, 0.5) is 13.9 Å². The summed E-state index contributed by atoms with van der Waals surface area (Å²) in [5.41, 5.74) is 1.43. The normalized spacial score (nSPS) is 10.8. The SMILES string of the molecule is CCOC(=O)c1cc(C(=O)Nc2nc(-c3ccc(OC(F)F)cc3)cs2)nn1C. The molecule has 152 valence electrons. The highest BCUT2D eigenvalue weighted by Crippen LogP contribution is 2.27. The largest absolute Gasteiger partial charge is 0.461 e. The number of aromatic nitrogens is 3. The lowest BCUT2D eigenvalue weighted by Gasteiger charge is -2.04. The summed E-state index contributed by atoms with van der Waals surface area (Å²) in [6, 6.07) is 7.32. The van der Waals surface area contributed by atoms with E-state index < -0.39 is 18.5 Å². The summed E-state index contributed by atoms with van der Waals surface area (Å²) in [6.07, 6.45) is 0. The maximum absolute atomic E-state index is 12.4. The number of anilines is 1. The van der Waals surface area contributed by atoms with Gasteiger partial charge in [0.25, 0.3) is 5.91 Å². The third kappa shape index (κ3) is 4.93. The summed E-state index contributed by atoms with van der Waals surface area (Å²) in [5.74, 6) is -1.06. The number of esters is 1. The van der Waals surface area contributed by atoms with E-state index in [0.717, 1.165) is 0 Å². The number of amides is 1. The molecule has 0 radical (unpaired) electrons. The highest BCUT2D eigenvalue weighted by atomic mass is 32.1. The Bertz CT molecular complexity index is 1020. The van der Waals surface area contributed by atoms with Gasteiger partial charge in [-0.2, -0.15) is 13.9 Å². The number of nitrogens with one attached hydrogen (secondary N) is 1. The van der Waals surface area contributed by atoms with Gasteiger partial charge in [-0.05, 0) is 31.2 Å². The summed E-state index contributed by atoms with van der Waals surface area (Å²) in [4.78, 5) is 28.5. The molecule has 0 bridgehead atoms. The van der Waals surface area contributed by atoms with Gasteiger partial charge in [-0.1, -0.05) is 0 Å². The summed E-state index contributed by atoms with van der Waals surface area (Å²) >= 11 is 1.19. The van der Waals surface area contributed by atoms with E-state index in [2.05, 4.69) is 20.1 Å². The molecule has 0 aliphatic carbocycles. The molecule has 0 unspecified atom stereocenters. The number of hydrogen-bond donors (Lipinski definition) is 1. The van der Waals surface area contributed by atoms with Gasteiger partial charge in [-0.25, -0.2) is 9.78 Å². The van der Waals surface area contributed by atoms with Gasteiger partial charge in [0.05, 0.1) is 12.3 Å². The Morgan fingerprint density at radius 3 is 2.66 bits per heavy atom. The quantitative estimate of drug-likeness (QED) is 0.585. The Hall–Kier alpha value is -3.34. The van der Waals surface area contributed by atoms with E-state index in [9.17, 15) is 18.4 Å². The van der Waals surface area contributed by atoms with Crippen molar-refractivity contribution in [1.29, 1.82) is 0 Å². The summed E-state index contributed by atoms with van der Waals surface area (Å²) in [7, 11) is 1.53. The predicted octanol–water partition coefficient (Wildman–Crippen LogP) is 3.57. The topological polar surface area (TPSA) is 95.3 Å². The molecule has 0 saturated carbocycles. The standard InChI is InChI=1S/C18H16F2N4O4S/c1-3-27-16(26)14-8-12(23-24(14)2)15(25)22-18-21-13(9-29-18)10-4-6-11(7-5-10)28-17(19)20/h4-9,17H,3H2,1-2H3,(H,21,22,25). The van der Waals surface area contributed by atoms with Gasteiger partial charge in [-0.3, -0.25) is 14.8 Å². The second-order valence-electron chi connectivity index (χ2n) is 5.65. The van der Waals surface area contributed by atoms with Gasteiger partial charge in [0, 0.05) is 24.1 Å². The third-order valence-corrected chi connectivity index (χ3v) is 4.45. The Kier molecular flexibility index (Phi) is 6.17. The van der Waals surface area contributed by atoms with E-state index in [1.54, 1.807) is 24.4 Å². The molecule has 0 spiro atoms. The zero-order chi connectivity index (χ0) is 21.0. The highest BCUT2D eigenvalue weighted by Gasteiger charge is 2.19. The minimum atomic E-state index is -2.89. The van der Waals surface area contributed by atoms with Crippen LogP contribution < -0.4 is 10.1 Å². The lowest BCUT2D eigenvalue weighted by molar-refractivity contribution is -0.0498. The molecule has 8 nitrogen and oxygen atoms in total. The third-order valence-electron chi connectivity index (χ3n) is 3.70. The molecule has 0 fully saturated rings. The minimum absolute atomic E-state index is 0.0417. The number of carbonyl (C=O) groups excluding carboxylic acids is 2. The van der Waals surface area contributed by atoms with Crippen LogP contribution in [0.2, 0.25) is 0 Å². The Morgan fingerprint density at radius 1 is 1.28 bits per heavy atom. The van der Waals surface area contributed by atoms with Crippen LogP contribution in [0.5, 0.6) is 5.75 Å². The van der Waals surface area contributed by atoms with E-state index in [1.165, 1.54) is 41.3 Å². The number of rotatable bonds is 7. The Labute approximate surface area is 168 Å². The van der Waals surface area contributed by atoms with Crippen LogP contribution in [0, 0.1) is 0 Å². The number of benzene rings is 1. The molecule has 3 rings (SSSR count). The molecule has 1 aromatic carbocycles. The van der Waals surface area contributed by atoms with Gasteiger partial charge in [-0.15, -0.1) is 11.3 Å². The van der Waals surface area contributed by atoms with E-state index in [1.807, 2.05) is 0 Å². The first kappa shape index (κ1) is 20.4. The average molecular weight is 422 g/mol. The van der Waals surface area contributed by atoms with Crippen molar-refractivity contribution in [3.8, 4) is 17.0 Å². The first-order valence-electron chi connectivity index (χ1n) is 8.40. The lowest BCUT2D eigenvalue weighted by atomic mass is 10.2. The number of halogens is 2. The average Bonchev–Trinajstić information content (AvgIpc) is 3.29. The zero-order valence-electron chi connectivity index (χ0n) is 15.4. The van der Waals surface area contributed by atoms with Crippen LogP contribution in [0.25, 0.3) is 11.3 Å². The fraction of sp³-hybridized carbons (Fsp3) is 0.222. The van der Waals surface area contributed by atoms with Crippen molar-refractivity contribution >= 4 is 28.3 Å². The molecule has 0 atom stereocenters. The smallest absolute Gasteiger partial charge is 0.387 e. The first-order valence-corrected chi connectivity index (χ1v) is 9.28. The number of nitrogens with zero attached hydrogens (tertiary/aromatic N) is 3. The molecule has 2 aromatic heterocycles. The number of alkyl halides is 2.